The first-order chi connectivity index (χ1) is 15.7. The van der Waals surface area contributed by atoms with Gasteiger partial charge in [-0.2, -0.15) is 0 Å². The number of benzene rings is 1. The van der Waals surface area contributed by atoms with Crippen molar-refractivity contribution in [2.45, 2.75) is 25.7 Å². The SMILES string of the molecule is N=C(N)N1CCC(CCc2ccccc2)(CN=C(N)NC(=O)c2nc(Cl)c(N)nc2N)CC1. The summed E-state index contributed by atoms with van der Waals surface area (Å²) >= 11 is 5.84. The molecule has 0 spiro atoms. The predicted octanol–water partition coefficient (Wildman–Crippen LogP) is 0.947. The van der Waals surface area contributed by atoms with Crippen molar-refractivity contribution in [2.75, 3.05) is 31.1 Å². The highest BCUT2D eigenvalue weighted by Gasteiger charge is 2.34. The Kier molecular flexibility index (Phi) is 7.54. The molecule has 176 valence electrons. The molecular weight excluding hydrogens is 444 g/mol. The maximum atomic E-state index is 12.5. The van der Waals surface area contributed by atoms with Crippen LogP contribution in [0.5, 0.6) is 0 Å². The monoisotopic (exact) mass is 472 g/mol. The minimum atomic E-state index is -0.673. The number of nitrogen functional groups attached to an aromatic ring is 2. The van der Waals surface area contributed by atoms with Crippen LogP contribution >= 0.6 is 11.6 Å². The molecule has 0 bridgehead atoms. The van der Waals surface area contributed by atoms with Gasteiger partial charge in [0.15, 0.2) is 34.4 Å². The topological polar surface area (TPSA) is 198 Å². The Balaban J connectivity index is 1.70. The third-order valence-corrected chi connectivity index (χ3v) is 6.18. The van der Waals surface area contributed by atoms with Crippen molar-refractivity contribution in [3.05, 3.63) is 46.7 Å². The minimum absolute atomic E-state index is 0.0535. The van der Waals surface area contributed by atoms with Gasteiger partial charge in [-0.1, -0.05) is 41.9 Å². The van der Waals surface area contributed by atoms with Gasteiger partial charge in [-0.15, -0.1) is 0 Å². The van der Waals surface area contributed by atoms with E-state index in [-0.39, 0.29) is 39.8 Å². The normalized spacial score (nSPS) is 15.8. The van der Waals surface area contributed by atoms with E-state index in [1.807, 2.05) is 23.1 Å². The number of aliphatic imine (C=N–C) groups is 1. The molecule has 0 radical (unpaired) electrons. The number of nitrogens with one attached hydrogen (secondary N) is 2. The number of nitrogens with zero attached hydrogens (tertiary/aromatic N) is 4. The number of likely N-dealkylation sites (tertiary alicyclic amines) is 1. The van der Waals surface area contributed by atoms with Crippen molar-refractivity contribution < 1.29 is 4.79 Å². The van der Waals surface area contributed by atoms with Crippen LogP contribution in [0.1, 0.15) is 35.3 Å². The van der Waals surface area contributed by atoms with E-state index in [1.54, 1.807) is 0 Å². The smallest absolute Gasteiger partial charge is 0.280 e. The fourth-order valence-electron chi connectivity index (χ4n) is 3.84. The highest BCUT2D eigenvalue weighted by atomic mass is 35.5. The van der Waals surface area contributed by atoms with Crippen LogP contribution in [0.2, 0.25) is 5.15 Å². The summed E-state index contributed by atoms with van der Waals surface area (Å²) in [5.74, 6) is -0.874. The van der Waals surface area contributed by atoms with Crippen molar-refractivity contribution in [3.63, 3.8) is 0 Å². The van der Waals surface area contributed by atoms with Gasteiger partial charge in [0.2, 0.25) is 0 Å². The molecule has 0 atom stereocenters. The Morgan fingerprint density at radius 3 is 2.45 bits per heavy atom. The van der Waals surface area contributed by atoms with Crippen molar-refractivity contribution in [1.29, 1.82) is 5.41 Å². The number of aryl methyl sites for hydroxylation is 1. The molecule has 33 heavy (non-hydrogen) atoms. The number of carbonyl (C=O) groups excluding carboxylic acids is 1. The second-order valence-corrected chi connectivity index (χ2v) is 8.50. The number of aromatic nitrogens is 2. The lowest BCUT2D eigenvalue weighted by Crippen LogP contribution is -2.47. The fourth-order valence-corrected chi connectivity index (χ4v) is 3.97. The molecule has 0 unspecified atom stereocenters. The highest BCUT2D eigenvalue weighted by Crippen LogP contribution is 2.36. The lowest BCUT2D eigenvalue weighted by atomic mass is 9.74. The Bertz CT molecular complexity index is 1030. The minimum Gasteiger partial charge on any atom is -0.382 e. The molecule has 3 rings (SSSR count). The first-order valence-electron chi connectivity index (χ1n) is 10.5. The second-order valence-electron chi connectivity index (χ2n) is 8.15. The van der Waals surface area contributed by atoms with E-state index in [9.17, 15) is 4.79 Å². The molecule has 11 nitrogen and oxygen atoms in total. The number of halogens is 1. The van der Waals surface area contributed by atoms with Crippen LogP contribution in [0.15, 0.2) is 35.3 Å². The zero-order chi connectivity index (χ0) is 24.0. The summed E-state index contributed by atoms with van der Waals surface area (Å²) in [6, 6.07) is 10.2. The number of rotatable bonds is 6. The molecule has 1 aliphatic rings. The molecular formula is C21H29ClN10O. The van der Waals surface area contributed by atoms with Crippen LogP contribution in [0.4, 0.5) is 11.6 Å². The van der Waals surface area contributed by atoms with E-state index in [4.69, 9.17) is 39.9 Å². The summed E-state index contributed by atoms with van der Waals surface area (Å²) in [5, 5.41) is 10.1. The number of anilines is 2. The zero-order valence-electron chi connectivity index (χ0n) is 18.2. The van der Waals surface area contributed by atoms with Crippen LogP contribution in [0, 0.1) is 10.8 Å². The van der Waals surface area contributed by atoms with E-state index in [2.05, 4.69) is 32.4 Å². The van der Waals surface area contributed by atoms with Crippen LogP contribution in [0.25, 0.3) is 0 Å². The molecule has 1 aromatic carbocycles. The van der Waals surface area contributed by atoms with Gasteiger partial charge in [0.25, 0.3) is 5.91 Å². The standard InChI is InChI=1S/C21H29ClN10O/c22-15-17(24)30-16(23)14(29-15)18(33)31-20(27)28-12-21(7-6-13-4-2-1-3-5-13)8-10-32(11-9-21)19(25)26/h1-5H,6-12H2,(H3,25,26)(H4,23,24,30)(H3,27,28,31,33). The van der Waals surface area contributed by atoms with Gasteiger partial charge in [-0.3, -0.25) is 20.5 Å². The van der Waals surface area contributed by atoms with Gasteiger partial charge in [0, 0.05) is 19.6 Å². The number of amides is 1. The van der Waals surface area contributed by atoms with E-state index in [1.165, 1.54) is 5.56 Å². The Labute approximate surface area is 197 Å². The molecule has 1 amide bonds. The Hall–Kier alpha value is -3.60. The molecule has 1 saturated heterocycles. The molecule has 1 aliphatic heterocycles. The lowest BCUT2D eigenvalue weighted by Gasteiger charge is -2.41. The third kappa shape index (κ3) is 6.22. The number of carbonyl (C=O) groups is 1. The average Bonchev–Trinajstić information content (AvgIpc) is 2.80. The largest absolute Gasteiger partial charge is 0.382 e. The Morgan fingerprint density at radius 2 is 1.82 bits per heavy atom. The molecule has 0 saturated carbocycles. The molecule has 10 N–H and O–H groups in total. The number of nitrogens with two attached hydrogens (primary N) is 4. The highest BCUT2D eigenvalue weighted by molar-refractivity contribution is 6.31. The fraction of sp³-hybridized carbons (Fsp3) is 0.381. The summed E-state index contributed by atoms with van der Waals surface area (Å²) < 4.78 is 0. The maximum Gasteiger partial charge on any atom is 0.280 e. The van der Waals surface area contributed by atoms with Crippen LogP contribution in [-0.4, -0.2) is 52.3 Å². The summed E-state index contributed by atoms with van der Waals surface area (Å²) in [6.07, 6.45) is 3.38. The van der Waals surface area contributed by atoms with E-state index < -0.39 is 5.91 Å². The number of piperidine rings is 1. The quantitative estimate of drug-likeness (QED) is 0.263. The van der Waals surface area contributed by atoms with Crippen LogP contribution < -0.4 is 28.3 Å². The number of guanidine groups is 2. The summed E-state index contributed by atoms with van der Waals surface area (Å²) in [7, 11) is 0. The van der Waals surface area contributed by atoms with Gasteiger partial charge in [0.05, 0.1) is 0 Å². The first kappa shape index (κ1) is 24.1. The summed E-state index contributed by atoms with van der Waals surface area (Å²) in [4.78, 5) is 26.5. The first-order valence-corrected chi connectivity index (χ1v) is 10.9. The van der Waals surface area contributed by atoms with Gasteiger partial charge >= 0.3 is 0 Å². The molecule has 2 heterocycles. The van der Waals surface area contributed by atoms with Crippen molar-refractivity contribution in [2.24, 2.45) is 21.9 Å². The molecule has 12 heteroatoms. The van der Waals surface area contributed by atoms with Crippen LogP contribution in [0.3, 0.4) is 0 Å². The average molecular weight is 473 g/mol. The second kappa shape index (κ2) is 10.3. The maximum absolute atomic E-state index is 12.5. The lowest BCUT2D eigenvalue weighted by molar-refractivity contribution is 0.0971. The van der Waals surface area contributed by atoms with Gasteiger partial charge < -0.3 is 27.8 Å². The number of hydrogen-bond acceptors (Lipinski definition) is 7. The van der Waals surface area contributed by atoms with Crippen molar-refractivity contribution in [3.8, 4) is 0 Å². The summed E-state index contributed by atoms with van der Waals surface area (Å²) in [5.41, 5.74) is 23.8. The summed E-state index contributed by atoms with van der Waals surface area (Å²) in [6.45, 7) is 1.76. The van der Waals surface area contributed by atoms with Crippen LogP contribution in [-0.2, 0) is 6.42 Å². The van der Waals surface area contributed by atoms with Crippen molar-refractivity contribution in [1.82, 2.24) is 20.2 Å². The third-order valence-electron chi connectivity index (χ3n) is 5.90. The molecule has 1 aromatic heterocycles. The predicted molar refractivity (Wildman–Crippen MR) is 130 cm³/mol. The number of hydrogen-bond donors (Lipinski definition) is 6. The van der Waals surface area contributed by atoms with E-state index in [0.29, 0.717) is 19.6 Å². The van der Waals surface area contributed by atoms with Gasteiger partial charge in [-0.05, 0) is 36.7 Å². The van der Waals surface area contributed by atoms with Gasteiger partial charge in [0.1, 0.15) is 0 Å². The Morgan fingerprint density at radius 1 is 1.15 bits per heavy atom. The zero-order valence-corrected chi connectivity index (χ0v) is 19.0. The molecule has 1 fully saturated rings. The molecule has 0 aliphatic carbocycles. The van der Waals surface area contributed by atoms with E-state index in [0.717, 1.165) is 25.7 Å². The van der Waals surface area contributed by atoms with Crippen molar-refractivity contribution >= 4 is 41.1 Å². The van der Waals surface area contributed by atoms with E-state index >= 15 is 0 Å². The van der Waals surface area contributed by atoms with Gasteiger partial charge in [-0.25, -0.2) is 9.97 Å². The molecule has 2 aromatic rings.